The number of hydrogen-bond donors (Lipinski definition) is 0. The first kappa shape index (κ1) is 16.9. The molecule has 4 aromatic rings. The second kappa shape index (κ2) is 6.30. The van der Waals surface area contributed by atoms with Crippen molar-refractivity contribution in [1.29, 1.82) is 0 Å². The number of hydrogen-bond acceptors (Lipinski definition) is 2. The predicted octanol–water partition coefficient (Wildman–Crippen LogP) is 5.81. The minimum Gasteiger partial charge on any atom is -0.295 e. The Bertz CT molecular complexity index is 1160. The third kappa shape index (κ3) is 2.71. The highest BCUT2D eigenvalue weighted by Gasteiger charge is 2.19. The Kier molecular flexibility index (Phi) is 4.09. The van der Waals surface area contributed by atoms with E-state index in [-0.39, 0.29) is 21.2 Å². The molecule has 0 amide bonds. The van der Waals surface area contributed by atoms with Crippen LogP contribution in [0.3, 0.4) is 0 Å². The zero-order valence-electron chi connectivity index (χ0n) is 12.9. The molecule has 0 unspecified atom stereocenters. The topological polar surface area (TPSA) is 30.7 Å². The Morgan fingerprint density at radius 1 is 0.885 bits per heavy atom. The van der Waals surface area contributed by atoms with Crippen molar-refractivity contribution in [3.05, 3.63) is 76.5 Å². The molecule has 0 N–H and O–H groups in total. The van der Waals surface area contributed by atoms with Gasteiger partial charge in [-0.2, -0.15) is 0 Å². The first-order chi connectivity index (χ1) is 12.5. The van der Waals surface area contributed by atoms with Gasteiger partial charge in [0.15, 0.2) is 5.82 Å². The Morgan fingerprint density at radius 3 is 2.46 bits per heavy atom. The molecule has 2 aromatic carbocycles. The first-order valence-electron chi connectivity index (χ1n) is 7.38. The number of benzene rings is 2. The second-order valence-electron chi connectivity index (χ2n) is 5.49. The summed E-state index contributed by atoms with van der Waals surface area (Å²) in [7, 11) is 0. The maximum absolute atomic E-state index is 14.4. The van der Waals surface area contributed by atoms with E-state index in [1.807, 2.05) is 0 Å². The maximum Gasteiger partial charge on any atom is 0.152 e. The summed E-state index contributed by atoms with van der Waals surface area (Å²) in [6.45, 7) is 0. The van der Waals surface area contributed by atoms with Gasteiger partial charge in [0, 0.05) is 29.5 Å². The molecule has 4 rings (SSSR count). The zero-order valence-corrected chi connectivity index (χ0v) is 14.4. The molecule has 0 aliphatic carbocycles. The van der Waals surface area contributed by atoms with Gasteiger partial charge in [-0.1, -0.05) is 23.2 Å². The fourth-order valence-corrected chi connectivity index (χ4v) is 3.34. The predicted molar refractivity (Wildman–Crippen MR) is 94.2 cm³/mol. The van der Waals surface area contributed by atoms with Crippen molar-refractivity contribution in [3.8, 4) is 16.8 Å². The number of rotatable bonds is 2. The summed E-state index contributed by atoms with van der Waals surface area (Å²) >= 11 is 12.4. The largest absolute Gasteiger partial charge is 0.295 e. The van der Waals surface area contributed by atoms with E-state index < -0.39 is 17.5 Å². The van der Waals surface area contributed by atoms with E-state index in [4.69, 9.17) is 23.2 Å². The van der Waals surface area contributed by atoms with E-state index in [2.05, 4.69) is 9.97 Å². The van der Waals surface area contributed by atoms with Gasteiger partial charge in [-0.15, -0.1) is 0 Å². The van der Waals surface area contributed by atoms with Gasteiger partial charge >= 0.3 is 0 Å². The minimum absolute atomic E-state index is 0.0770. The highest BCUT2D eigenvalue weighted by atomic mass is 35.5. The van der Waals surface area contributed by atoms with Gasteiger partial charge in [0.1, 0.15) is 28.6 Å². The molecule has 0 aliphatic rings. The number of pyridine rings is 1. The standard InChI is InChI=1S/C18H8Cl2F3N3/c19-12-5-9(21)1-2-11(12)16-15(3-4-24-18(16)20)26-8-25-14-7-10(22)6-13(23)17(14)26/h1-8H. The second-order valence-corrected chi connectivity index (χ2v) is 6.26. The van der Waals surface area contributed by atoms with Crippen molar-refractivity contribution in [2.75, 3.05) is 0 Å². The average Bonchev–Trinajstić information content (AvgIpc) is 2.99. The van der Waals surface area contributed by atoms with E-state index in [0.717, 1.165) is 18.2 Å². The van der Waals surface area contributed by atoms with Gasteiger partial charge in [-0.3, -0.25) is 4.57 Å². The van der Waals surface area contributed by atoms with Crippen molar-refractivity contribution in [3.63, 3.8) is 0 Å². The van der Waals surface area contributed by atoms with Crippen LogP contribution < -0.4 is 0 Å². The van der Waals surface area contributed by atoms with Crippen LogP contribution in [0.5, 0.6) is 0 Å². The maximum atomic E-state index is 14.4. The van der Waals surface area contributed by atoms with Crippen LogP contribution in [0, 0.1) is 17.5 Å². The lowest BCUT2D eigenvalue weighted by Crippen LogP contribution is -2.00. The summed E-state index contributed by atoms with van der Waals surface area (Å²) in [5.74, 6) is -2.01. The Labute approximate surface area is 155 Å². The smallest absolute Gasteiger partial charge is 0.152 e. The van der Waals surface area contributed by atoms with Crippen LogP contribution in [0.15, 0.2) is 48.9 Å². The highest BCUT2D eigenvalue weighted by molar-refractivity contribution is 6.36. The first-order valence-corrected chi connectivity index (χ1v) is 8.13. The van der Waals surface area contributed by atoms with Crippen molar-refractivity contribution < 1.29 is 13.2 Å². The van der Waals surface area contributed by atoms with Crippen molar-refractivity contribution in [2.45, 2.75) is 0 Å². The normalized spacial score (nSPS) is 11.3. The van der Waals surface area contributed by atoms with Crippen molar-refractivity contribution in [1.82, 2.24) is 14.5 Å². The van der Waals surface area contributed by atoms with Crippen LogP contribution in [0.4, 0.5) is 13.2 Å². The lowest BCUT2D eigenvalue weighted by Gasteiger charge is -2.14. The summed E-state index contributed by atoms with van der Waals surface area (Å²) in [4.78, 5) is 8.08. The van der Waals surface area contributed by atoms with Crippen LogP contribution in [0.1, 0.15) is 0 Å². The zero-order chi connectivity index (χ0) is 18.4. The Morgan fingerprint density at radius 2 is 1.69 bits per heavy atom. The third-order valence-electron chi connectivity index (χ3n) is 3.90. The number of nitrogens with zero attached hydrogens (tertiary/aromatic N) is 3. The lowest BCUT2D eigenvalue weighted by molar-refractivity contribution is 0.589. The molecule has 130 valence electrons. The molecule has 0 aliphatic heterocycles. The van der Waals surface area contributed by atoms with Crippen LogP contribution in [-0.4, -0.2) is 14.5 Å². The summed E-state index contributed by atoms with van der Waals surface area (Å²) in [5.41, 5.74) is 1.44. The summed E-state index contributed by atoms with van der Waals surface area (Å²) in [6.07, 6.45) is 2.78. The van der Waals surface area contributed by atoms with Gasteiger partial charge in [0.05, 0.1) is 16.2 Å². The average molecular weight is 394 g/mol. The van der Waals surface area contributed by atoms with Crippen LogP contribution in [0.2, 0.25) is 10.2 Å². The molecule has 0 saturated heterocycles. The molecule has 0 spiro atoms. The molecule has 0 bridgehead atoms. The molecule has 0 fully saturated rings. The number of halogens is 5. The third-order valence-corrected chi connectivity index (χ3v) is 4.50. The molecule has 2 heterocycles. The van der Waals surface area contributed by atoms with E-state index >= 15 is 0 Å². The van der Waals surface area contributed by atoms with Gasteiger partial charge < -0.3 is 0 Å². The fourth-order valence-electron chi connectivity index (χ4n) is 2.82. The van der Waals surface area contributed by atoms with Gasteiger partial charge in [-0.05, 0) is 24.3 Å². The Balaban J connectivity index is 2.04. The summed E-state index contributed by atoms with van der Waals surface area (Å²) < 4.78 is 42.6. The van der Waals surface area contributed by atoms with Gasteiger partial charge in [-0.25, -0.2) is 23.1 Å². The molecule has 26 heavy (non-hydrogen) atoms. The van der Waals surface area contributed by atoms with E-state index in [1.165, 1.54) is 29.2 Å². The monoisotopic (exact) mass is 393 g/mol. The van der Waals surface area contributed by atoms with Crippen LogP contribution >= 0.6 is 23.2 Å². The van der Waals surface area contributed by atoms with Crippen LogP contribution in [-0.2, 0) is 0 Å². The lowest BCUT2D eigenvalue weighted by atomic mass is 10.1. The van der Waals surface area contributed by atoms with Crippen LogP contribution in [0.25, 0.3) is 27.8 Å². The fraction of sp³-hybridized carbons (Fsp3) is 0. The molecular weight excluding hydrogens is 386 g/mol. The summed E-state index contributed by atoms with van der Waals surface area (Å²) in [6, 6.07) is 7.32. The molecule has 3 nitrogen and oxygen atoms in total. The molecule has 8 heteroatoms. The highest BCUT2D eigenvalue weighted by Crippen LogP contribution is 2.38. The quantitative estimate of drug-likeness (QED) is 0.402. The van der Waals surface area contributed by atoms with E-state index in [0.29, 0.717) is 16.8 Å². The number of imidazole rings is 1. The number of fused-ring (bicyclic) bond motifs is 1. The minimum atomic E-state index is -0.776. The van der Waals surface area contributed by atoms with E-state index in [1.54, 1.807) is 6.07 Å². The Hall–Kier alpha value is -2.57. The van der Waals surface area contributed by atoms with Crippen molar-refractivity contribution in [2.24, 2.45) is 0 Å². The SMILES string of the molecule is Fc1ccc(-c2c(-n3cnc4cc(F)cc(F)c43)ccnc2Cl)c(Cl)c1. The molecule has 0 atom stereocenters. The van der Waals surface area contributed by atoms with E-state index in [9.17, 15) is 13.2 Å². The molecule has 0 radical (unpaired) electrons. The number of aromatic nitrogens is 3. The molecule has 2 aromatic heterocycles. The van der Waals surface area contributed by atoms with Crippen molar-refractivity contribution >= 4 is 34.2 Å². The molecular formula is C18H8Cl2F3N3. The van der Waals surface area contributed by atoms with Gasteiger partial charge in [0.2, 0.25) is 0 Å². The summed E-state index contributed by atoms with van der Waals surface area (Å²) in [5, 5.41) is 0.220. The van der Waals surface area contributed by atoms with Gasteiger partial charge in [0.25, 0.3) is 0 Å². The molecule has 0 saturated carbocycles.